The van der Waals surface area contributed by atoms with Crippen LogP contribution in [0.3, 0.4) is 0 Å². The van der Waals surface area contributed by atoms with E-state index in [-0.39, 0.29) is 24.7 Å². The zero-order valence-corrected chi connectivity index (χ0v) is 19.7. The number of carboxylic acids is 1. The summed E-state index contributed by atoms with van der Waals surface area (Å²) in [5.74, 6) is -3.06. The van der Waals surface area contributed by atoms with Crippen molar-refractivity contribution >= 4 is 41.4 Å². The standard InChI is InChI=1S/C20H35N5O6S/c1-11(2)16(18(28)23-13(20(30)31)6-7-15(22)26)24-17(27)14-5-4-9-25(14)19(29)12(21)8-10-32-3/h11-14,16H,4-10,21H2,1-3H3,(H2,22,26)(H,23,28)(H,24,27)(H,30,31). The average molecular weight is 474 g/mol. The Morgan fingerprint density at radius 2 is 1.81 bits per heavy atom. The van der Waals surface area contributed by atoms with Crippen LogP contribution in [-0.4, -0.2) is 82.3 Å². The zero-order valence-electron chi connectivity index (χ0n) is 18.8. The molecule has 4 unspecified atom stereocenters. The van der Waals surface area contributed by atoms with Crippen LogP contribution >= 0.6 is 11.8 Å². The highest BCUT2D eigenvalue weighted by molar-refractivity contribution is 7.98. The summed E-state index contributed by atoms with van der Waals surface area (Å²) in [5.41, 5.74) is 11.0. The molecule has 0 aromatic heterocycles. The quantitative estimate of drug-likeness (QED) is 0.226. The number of carbonyl (C=O) groups excluding carboxylic acids is 4. The van der Waals surface area contributed by atoms with Gasteiger partial charge >= 0.3 is 5.97 Å². The number of hydrogen-bond donors (Lipinski definition) is 5. The summed E-state index contributed by atoms with van der Waals surface area (Å²) in [7, 11) is 0. The molecule has 1 rings (SSSR count). The van der Waals surface area contributed by atoms with Crippen LogP contribution in [0, 0.1) is 5.92 Å². The Balaban J connectivity index is 2.84. The summed E-state index contributed by atoms with van der Waals surface area (Å²) in [6.45, 7) is 3.83. The second-order valence-corrected chi connectivity index (χ2v) is 9.20. The van der Waals surface area contributed by atoms with Crippen LogP contribution in [-0.2, 0) is 24.0 Å². The molecule has 1 aliphatic rings. The van der Waals surface area contributed by atoms with Crippen LogP contribution in [0.25, 0.3) is 0 Å². The molecule has 32 heavy (non-hydrogen) atoms. The van der Waals surface area contributed by atoms with Gasteiger partial charge in [-0.25, -0.2) is 4.79 Å². The molecule has 11 nitrogen and oxygen atoms in total. The summed E-state index contributed by atoms with van der Waals surface area (Å²) >= 11 is 1.58. The Morgan fingerprint density at radius 3 is 2.34 bits per heavy atom. The fourth-order valence-corrected chi connectivity index (χ4v) is 3.96. The van der Waals surface area contributed by atoms with E-state index in [1.165, 1.54) is 4.90 Å². The first-order chi connectivity index (χ1) is 15.0. The fourth-order valence-electron chi connectivity index (χ4n) is 3.47. The molecule has 12 heteroatoms. The average Bonchev–Trinajstić information content (AvgIpc) is 3.21. The van der Waals surface area contributed by atoms with Crippen molar-refractivity contribution < 1.29 is 29.1 Å². The van der Waals surface area contributed by atoms with E-state index >= 15 is 0 Å². The molecule has 4 amide bonds. The molecule has 1 heterocycles. The number of nitrogens with one attached hydrogen (secondary N) is 2. The van der Waals surface area contributed by atoms with Gasteiger partial charge in [-0.3, -0.25) is 19.2 Å². The molecule has 4 atom stereocenters. The highest BCUT2D eigenvalue weighted by Crippen LogP contribution is 2.20. The second kappa shape index (κ2) is 13.3. The summed E-state index contributed by atoms with van der Waals surface area (Å²) in [6.07, 6.45) is 3.16. The van der Waals surface area contributed by atoms with E-state index in [0.717, 1.165) is 5.75 Å². The van der Waals surface area contributed by atoms with Gasteiger partial charge in [-0.1, -0.05) is 13.8 Å². The summed E-state index contributed by atoms with van der Waals surface area (Å²) in [5, 5.41) is 14.3. The number of thioether (sulfide) groups is 1. The third-order valence-corrected chi connectivity index (χ3v) is 5.97. The largest absolute Gasteiger partial charge is 0.480 e. The number of likely N-dealkylation sites (tertiary alicyclic amines) is 1. The van der Waals surface area contributed by atoms with E-state index in [9.17, 15) is 29.1 Å². The number of primary amides is 1. The lowest BCUT2D eigenvalue weighted by molar-refractivity contribution is -0.143. The Morgan fingerprint density at radius 1 is 1.16 bits per heavy atom. The lowest BCUT2D eigenvalue weighted by Crippen LogP contribution is -2.58. The monoisotopic (exact) mass is 473 g/mol. The smallest absolute Gasteiger partial charge is 0.326 e. The molecule has 0 saturated carbocycles. The first-order valence-corrected chi connectivity index (χ1v) is 12.1. The van der Waals surface area contributed by atoms with E-state index in [1.807, 2.05) is 6.26 Å². The first kappa shape index (κ1) is 27.7. The Bertz CT molecular complexity index is 704. The van der Waals surface area contributed by atoms with Gasteiger partial charge in [-0.15, -0.1) is 0 Å². The minimum Gasteiger partial charge on any atom is -0.480 e. The number of amides is 4. The normalized spacial score (nSPS) is 18.7. The zero-order chi connectivity index (χ0) is 24.4. The van der Waals surface area contributed by atoms with Gasteiger partial charge in [0.2, 0.25) is 23.6 Å². The van der Waals surface area contributed by atoms with Gasteiger partial charge in [0, 0.05) is 13.0 Å². The number of hydrogen-bond acceptors (Lipinski definition) is 7. The molecule has 1 aliphatic heterocycles. The molecular weight excluding hydrogens is 438 g/mol. The molecule has 7 N–H and O–H groups in total. The van der Waals surface area contributed by atoms with Gasteiger partial charge in [-0.2, -0.15) is 11.8 Å². The third kappa shape index (κ3) is 8.30. The number of rotatable bonds is 13. The van der Waals surface area contributed by atoms with Crippen LogP contribution in [0.1, 0.15) is 46.0 Å². The summed E-state index contributed by atoms with van der Waals surface area (Å²) in [4.78, 5) is 62.2. The number of carbonyl (C=O) groups is 5. The van der Waals surface area contributed by atoms with Crippen molar-refractivity contribution in [2.75, 3.05) is 18.6 Å². The number of aliphatic carboxylic acids is 1. The minimum atomic E-state index is -1.31. The van der Waals surface area contributed by atoms with E-state index in [1.54, 1.807) is 25.6 Å². The Hall–Kier alpha value is -2.34. The first-order valence-electron chi connectivity index (χ1n) is 10.7. The maximum absolute atomic E-state index is 12.9. The maximum Gasteiger partial charge on any atom is 0.326 e. The molecule has 0 radical (unpaired) electrons. The molecule has 0 aromatic rings. The topological polar surface area (TPSA) is 185 Å². The highest BCUT2D eigenvalue weighted by Gasteiger charge is 2.38. The van der Waals surface area contributed by atoms with Crippen LogP contribution < -0.4 is 22.1 Å². The van der Waals surface area contributed by atoms with Crippen LogP contribution in [0.2, 0.25) is 0 Å². The van der Waals surface area contributed by atoms with E-state index in [0.29, 0.717) is 25.8 Å². The Labute approximate surface area is 192 Å². The van der Waals surface area contributed by atoms with E-state index < -0.39 is 47.9 Å². The molecular formula is C20H35N5O6S. The molecule has 0 aliphatic carbocycles. The van der Waals surface area contributed by atoms with Gasteiger partial charge in [0.05, 0.1) is 6.04 Å². The van der Waals surface area contributed by atoms with Crippen LogP contribution in [0.15, 0.2) is 0 Å². The van der Waals surface area contributed by atoms with Crippen LogP contribution in [0.5, 0.6) is 0 Å². The van der Waals surface area contributed by atoms with Gasteiger partial charge in [0.15, 0.2) is 0 Å². The molecule has 1 fully saturated rings. The van der Waals surface area contributed by atoms with Gasteiger partial charge in [-0.05, 0) is 43.6 Å². The number of carboxylic acid groups (broad SMARTS) is 1. The predicted molar refractivity (Wildman–Crippen MR) is 120 cm³/mol. The maximum atomic E-state index is 12.9. The SMILES string of the molecule is CSCCC(N)C(=O)N1CCCC1C(=O)NC(C(=O)NC(CCC(N)=O)C(=O)O)C(C)C. The van der Waals surface area contributed by atoms with Crippen molar-refractivity contribution in [2.24, 2.45) is 17.4 Å². The van der Waals surface area contributed by atoms with Crippen molar-refractivity contribution in [1.82, 2.24) is 15.5 Å². The van der Waals surface area contributed by atoms with Crippen molar-refractivity contribution in [2.45, 2.75) is 70.1 Å². The van der Waals surface area contributed by atoms with Gasteiger partial charge in [0.25, 0.3) is 0 Å². The fraction of sp³-hybridized carbons (Fsp3) is 0.750. The highest BCUT2D eigenvalue weighted by atomic mass is 32.2. The predicted octanol–water partition coefficient (Wildman–Crippen LogP) is -0.966. The number of nitrogens with zero attached hydrogens (tertiary/aromatic N) is 1. The van der Waals surface area contributed by atoms with Crippen molar-refractivity contribution in [3.8, 4) is 0 Å². The van der Waals surface area contributed by atoms with Crippen LogP contribution in [0.4, 0.5) is 0 Å². The lowest BCUT2D eigenvalue weighted by Gasteiger charge is -2.29. The molecule has 0 bridgehead atoms. The van der Waals surface area contributed by atoms with Crippen molar-refractivity contribution in [1.29, 1.82) is 0 Å². The van der Waals surface area contributed by atoms with E-state index in [2.05, 4.69) is 10.6 Å². The molecule has 0 spiro atoms. The molecule has 182 valence electrons. The third-order valence-electron chi connectivity index (χ3n) is 5.33. The Kier molecular flexibility index (Phi) is 11.5. The van der Waals surface area contributed by atoms with E-state index in [4.69, 9.17) is 11.5 Å². The summed E-state index contributed by atoms with van der Waals surface area (Å²) < 4.78 is 0. The van der Waals surface area contributed by atoms with Crippen molar-refractivity contribution in [3.05, 3.63) is 0 Å². The second-order valence-electron chi connectivity index (χ2n) is 8.21. The van der Waals surface area contributed by atoms with Crippen molar-refractivity contribution in [3.63, 3.8) is 0 Å². The lowest BCUT2D eigenvalue weighted by atomic mass is 10.0. The molecule has 1 saturated heterocycles. The molecule has 0 aromatic carbocycles. The number of nitrogens with two attached hydrogens (primary N) is 2. The van der Waals surface area contributed by atoms with Gasteiger partial charge < -0.3 is 32.1 Å². The summed E-state index contributed by atoms with van der Waals surface area (Å²) in [6, 6.07) is -3.75. The van der Waals surface area contributed by atoms with Gasteiger partial charge in [0.1, 0.15) is 18.1 Å². The minimum absolute atomic E-state index is 0.159.